The van der Waals surface area contributed by atoms with Crippen LogP contribution in [0.1, 0.15) is 35.6 Å². The maximum absolute atomic E-state index is 13.3. The van der Waals surface area contributed by atoms with Crippen molar-refractivity contribution in [3.63, 3.8) is 0 Å². The lowest BCUT2D eigenvalue weighted by Gasteiger charge is -2.32. The molecule has 29 heavy (non-hydrogen) atoms. The van der Waals surface area contributed by atoms with Crippen LogP contribution in [0.4, 0.5) is 13.2 Å². The fourth-order valence-corrected chi connectivity index (χ4v) is 3.85. The highest BCUT2D eigenvalue weighted by Gasteiger charge is 2.36. The van der Waals surface area contributed by atoms with Crippen molar-refractivity contribution in [2.75, 3.05) is 13.1 Å². The SMILES string of the molecule is Oc1ccc(C(F)(F)F)c(C2CCN(Cc3cn(-c4ccccc4)nn3)CC2)c1. The van der Waals surface area contributed by atoms with Gasteiger partial charge in [0.1, 0.15) is 5.75 Å². The monoisotopic (exact) mass is 402 g/mol. The van der Waals surface area contributed by atoms with Gasteiger partial charge < -0.3 is 5.11 Å². The fourth-order valence-electron chi connectivity index (χ4n) is 3.85. The van der Waals surface area contributed by atoms with Crippen LogP contribution >= 0.6 is 0 Å². The van der Waals surface area contributed by atoms with Gasteiger partial charge in [-0.15, -0.1) is 5.10 Å². The van der Waals surface area contributed by atoms with E-state index in [1.165, 1.54) is 6.07 Å². The summed E-state index contributed by atoms with van der Waals surface area (Å²) in [6, 6.07) is 13.0. The maximum atomic E-state index is 13.3. The Morgan fingerprint density at radius 2 is 1.76 bits per heavy atom. The number of nitrogens with zero attached hydrogens (tertiary/aromatic N) is 4. The predicted octanol–water partition coefficient (Wildman–Crippen LogP) is 4.37. The lowest BCUT2D eigenvalue weighted by atomic mass is 9.86. The molecule has 0 aliphatic carbocycles. The molecule has 5 nitrogen and oxygen atoms in total. The van der Waals surface area contributed by atoms with Gasteiger partial charge in [0.05, 0.1) is 23.1 Å². The Labute approximate surface area is 166 Å². The van der Waals surface area contributed by atoms with E-state index in [0.717, 1.165) is 23.5 Å². The van der Waals surface area contributed by atoms with Gasteiger partial charge in [-0.05, 0) is 67.7 Å². The van der Waals surface area contributed by atoms with Crippen molar-refractivity contribution in [3.05, 3.63) is 71.5 Å². The number of phenols is 1. The first kappa shape index (κ1) is 19.4. The Hall–Kier alpha value is -2.87. The van der Waals surface area contributed by atoms with Crippen molar-refractivity contribution in [1.82, 2.24) is 19.9 Å². The summed E-state index contributed by atoms with van der Waals surface area (Å²) >= 11 is 0. The van der Waals surface area contributed by atoms with Crippen LogP contribution in [0.3, 0.4) is 0 Å². The quantitative estimate of drug-likeness (QED) is 0.704. The van der Waals surface area contributed by atoms with Crippen LogP contribution in [0.2, 0.25) is 0 Å². The van der Waals surface area contributed by atoms with Crippen LogP contribution in [0, 0.1) is 0 Å². The summed E-state index contributed by atoms with van der Waals surface area (Å²) in [7, 11) is 0. The van der Waals surface area contributed by atoms with E-state index in [0.29, 0.717) is 32.5 Å². The first-order chi connectivity index (χ1) is 13.9. The van der Waals surface area contributed by atoms with Crippen molar-refractivity contribution in [1.29, 1.82) is 0 Å². The molecule has 0 atom stereocenters. The third-order valence-corrected chi connectivity index (χ3v) is 5.32. The zero-order valence-electron chi connectivity index (χ0n) is 15.7. The van der Waals surface area contributed by atoms with Crippen molar-refractivity contribution < 1.29 is 18.3 Å². The first-order valence-corrected chi connectivity index (χ1v) is 9.49. The number of aromatic hydroxyl groups is 1. The van der Waals surface area contributed by atoms with Crippen LogP contribution in [-0.2, 0) is 12.7 Å². The Morgan fingerprint density at radius 3 is 2.45 bits per heavy atom. The molecule has 0 spiro atoms. The Morgan fingerprint density at radius 1 is 1.03 bits per heavy atom. The summed E-state index contributed by atoms with van der Waals surface area (Å²) in [5, 5.41) is 18.0. The van der Waals surface area contributed by atoms with Gasteiger partial charge >= 0.3 is 6.18 Å². The van der Waals surface area contributed by atoms with Crippen molar-refractivity contribution in [2.24, 2.45) is 0 Å². The number of phenolic OH excluding ortho intramolecular Hbond substituents is 1. The highest BCUT2D eigenvalue weighted by molar-refractivity contribution is 5.39. The lowest BCUT2D eigenvalue weighted by molar-refractivity contribution is -0.138. The summed E-state index contributed by atoms with van der Waals surface area (Å²) in [6.07, 6.45) is -1.35. The van der Waals surface area contributed by atoms with Gasteiger partial charge in [-0.25, -0.2) is 4.68 Å². The second kappa shape index (κ2) is 7.87. The third-order valence-electron chi connectivity index (χ3n) is 5.32. The number of hydrogen-bond donors (Lipinski definition) is 1. The molecule has 2 aromatic carbocycles. The summed E-state index contributed by atoms with van der Waals surface area (Å²) in [5.41, 5.74) is 1.28. The number of hydrogen-bond acceptors (Lipinski definition) is 4. The van der Waals surface area contributed by atoms with E-state index in [9.17, 15) is 18.3 Å². The Kier molecular flexibility index (Phi) is 5.27. The smallest absolute Gasteiger partial charge is 0.416 e. The summed E-state index contributed by atoms with van der Waals surface area (Å²) in [4.78, 5) is 2.17. The molecule has 4 rings (SSSR count). The van der Waals surface area contributed by atoms with Crippen LogP contribution in [0.15, 0.2) is 54.7 Å². The van der Waals surface area contributed by atoms with Gasteiger partial charge in [-0.2, -0.15) is 13.2 Å². The second-order valence-electron chi connectivity index (χ2n) is 7.31. The van der Waals surface area contributed by atoms with Gasteiger partial charge in [-0.1, -0.05) is 23.4 Å². The minimum atomic E-state index is -4.42. The molecule has 0 saturated carbocycles. The Bertz CT molecular complexity index is 964. The molecule has 3 aromatic rings. The number of likely N-dealkylation sites (tertiary alicyclic amines) is 1. The van der Waals surface area contributed by atoms with E-state index in [4.69, 9.17) is 0 Å². The second-order valence-corrected chi connectivity index (χ2v) is 7.31. The van der Waals surface area contributed by atoms with Crippen molar-refractivity contribution >= 4 is 0 Å². The number of rotatable bonds is 4. The number of halogens is 3. The van der Waals surface area contributed by atoms with E-state index < -0.39 is 11.7 Å². The van der Waals surface area contributed by atoms with Crippen LogP contribution < -0.4 is 0 Å². The first-order valence-electron chi connectivity index (χ1n) is 9.49. The molecule has 1 N–H and O–H groups in total. The van der Waals surface area contributed by atoms with Gasteiger partial charge in [0.15, 0.2) is 0 Å². The molecular weight excluding hydrogens is 381 g/mol. The summed E-state index contributed by atoms with van der Waals surface area (Å²) in [5.74, 6) is -0.358. The molecule has 152 valence electrons. The normalized spacial score (nSPS) is 16.2. The van der Waals surface area contributed by atoms with E-state index in [1.807, 2.05) is 36.5 Å². The van der Waals surface area contributed by atoms with Gasteiger partial charge in [0, 0.05) is 6.54 Å². The standard InChI is InChI=1S/C21H21F3N4O/c22-21(23,24)20-7-6-18(29)12-19(20)15-8-10-27(11-9-15)13-16-14-28(26-25-16)17-4-2-1-3-5-17/h1-7,12,14-15,29H,8-11,13H2. The molecule has 1 aliphatic heterocycles. The van der Waals surface area contributed by atoms with Crippen LogP contribution in [-0.4, -0.2) is 38.1 Å². The lowest BCUT2D eigenvalue weighted by Crippen LogP contribution is -2.33. The van der Waals surface area contributed by atoms with Crippen molar-refractivity contribution in [3.8, 4) is 11.4 Å². The molecule has 1 aromatic heterocycles. The molecule has 1 aliphatic rings. The van der Waals surface area contributed by atoms with Gasteiger partial charge in [0.2, 0.25) is 0 Å². The minimum Gasteiger partial charge on any atom is -0.508 e. The predicted molar refractivity (Wildman–Crippen MR) is 102 cm³/mol. The molecule has 2 heterocycles. The highest BCUT2D eigenvalue weighted by atomic mass is 19.4. The molecular formula is C21H21F3N4O. The maximum Gasteiger partial charge on any atom is 0.416 e. The van der Waals surface area contributed by atoms with E-state index >= 15 is 0 Å². The molecule has 8 heteroatoms. The van der Waals surface area contributed by atoms with Crippen molar-refractivity contribution in [2.45, 2.75) is 31.5 Å². The average Bonchev–Trinajstić information content (AvgIpc) is 3.17. The largest absolute Gasteiger partial charge is 0.508 e. The molecule has 1 saturated heterocycles. The molecule has 0 radical (unpaired) electrons. The zero-order valence-corrected chi connectivity index (χ0v) is 15.7. The number of benzene rings is 2. The van der Waals surface area contributed by atoms with E-state index in [-0.39, 0.29) is 17.2 Å². The fraction of sp³-hybridized carbons (Fsp3) is 0.333. The number of aromatic nitrogens is 3. The molecule has 0 amide bonds. The summed E-state index contributed by atoms with van der Waals surface area (Å²) < 4.78 is 41.7. The minimum absolute atomic E-state index is 0.132. The number of alkyl halides is 3. The highest BCUT2D eigenvalue weighted by Crippen LogP contribution is 2.40. The van der Waals surface area contributed by atoms with E-state index in [1.54, 1.807) is 4.68 Å². The summed E-state index contributed by atoms with van der Waals surface area (Å²) in [6.45, 7) is 1.93. The van der Waals surface area contributed by atoms with Crippen LogP contribution in [0.25, 0.3) is 5.69 Å². The van der Waals surface area contributed by atoms with Gasteiger partial charge in [-0.3, -0.25) is 4.90 Å². The third kappa shape index (κ3) is 4.42. The molecule has 1 fully saturated rings. The van der Waals surface area contributed by atoms with Gasteiger partial charge in [0.25, 0.3) is 0 Å². The van der Waals surface area contributed by atoms with Crippen LogP contribution in [0.5, 0.6) is 5.75 Å². The van der Waals surface area contributed by atoms with E-state index in [2.05, 4.69) is 15.2 Å². The zero-order chi connectivity index (χ0) is 20.4. The average molecular weight is 402 g/mol. The molecule has 0 bridgehead atoms. The molecule has 0 unspecified atom stereocenters. The number of para-hydroxylation sites is 1. The topological polar surface area (TPSA) is 54.2 Å². The Balaban J connectivity index is 1.41. The number of piperidine rings is 1.